The van der Waals surface area contributed by atoms with Gasteiger partial charge in [0.15, 0.2) is 0 Å². The van der Waals surface area contributed by atoms with Crippen molar-refractivity contribution in [1.29, 1.82) is 0 Å². The topological polar surface area (TPSA) is 66.6 Å². The fraction of sp³-hybridized carbons (Fsp3) is 0.933. The van der Waals surface area contributed by atoms with Gasteiger partial charge in [0, 0.05) is 13.1 Å². The minimum Gasteiger partial charge on any atom is -0.395 e. The minimum absolute atomic E-state index is 0.0234. The summed E-state index contributed by atoms with van der Waals surface area (Å²) < 4.78 is 0. The molecule has 0 aromatic carbocycles. The maximum Gasteiger partial charge on any atom is 0.242 e. The Balaban J connectivity index is 2.50. The summed E-state index contributed by atoms with van der Waals surface area (Å²) in [5.74, 6) is 0.0535. The number of nitrogens with two attached hydrogens (primary N) is 1. The molecular formula is C15H30N2O2. The van der Waals surface area contributed by atoms with Gasteiger partial charge in [-0.1, -0.05) is 45.4 Å². The number of hydrogen-bond donors (Lipinski definition) is 2. The van der Waals surface area contributed by atoms with Gasteiger partial charge >= 0.3 is 0 Å². The van der Waals surface area contributed by atoms with Gasteiger partial charge in [-0.25, -0.2) is 0 Å². The van der Waals surface area contributed by atoms with Crippen LogP contribution in [0.5, 0.6) is 0 Å². The van der Waals surface area contributed by atoms with Crippen LogP contribution in [0, 0.1) is 0 Å². The highest BCUT2D eigenvalue weighted by molar-refractivity contribution is 5.86. The number of amides is 1. The predicted octanol–water partition coefficient (Wildman–Crippen LogP) is 2.05. The van der Waals surface area contributed by atoms with E-state index in [4.69, 9.17) is 10.8 Å². The SMILES string of the molecule is CCCCCCN(CCO)C(=O)C1(N)CCCCC1. The lowest BCUT2D eigenvalue weighted by molar-refractivity contribution is -0.138. The summed E-state index contributed by atoms with van der Waals surface area (Å²) in [6, 6.07) is 0. The van der Waals surface area contributed by atoms with Crippen molar-refractivity contribution in [3.05, 3.63) is 0 Å². The lowest BCUT2D eigenvalue weighted by atomic mass is 9.81. The third kappa shape index (κ3) is 5.11. The van der Waals surface area contributed by atoms with Gasteiger partial charge in [-0.3, -0.25) is 4.79 Å². The molecule has 0 aliphatic heterocycles. The summed E-state index contributed by atoms with van der Waals surface area (Å²) in [4.78, 5) is 14.3. The fourth-order valence-electron chi connectivity index (χ4n) is 2.88. The smallest absolute Gasteiger partial charge is 0.242 e. The molecular weight excluding hydrogens is 240 g/mol. The van der Waals surface area contributed by atoms with Gasteiger partial charge in [-0.05, 0) is 19.3 Å². The number of carbonyl (C=O) groups excluding carboxylic acids is 1. The van der Waals surface area contributed by atoms with Crippen LogP contribution in [-0.4, -0.2) is 41.1 Å². The van der Waals surface area contributed by atoms with Crippen molar-refractivity contribution in [2.75, 3.05) is 19.7 Å². The normalized spacial score (nSPS) is 18.3. The Labute approximate surface area is 117 Å². The Morgan fingerprint density at radius 2 is 1.84 bits per heavy atom. The fourth-order valence-corrected chi connectivity index (χ4v) is 2.88. The maximum atomic E-state index is 12.6. The average Bonchev–Trinajstić information content (AvgIpc) is 2.42. The van der Waals surface area contributed by atoms with Gasteiger partial charge < -0.3 is 15.7 Å². The van der Waals surface area contributed by atoms with Gasteiger partial charge in [-0.2, -0.15) is 0 Å². The highest BCUT2D eigenvalue weighted by Gasteiger charge is 2.37. The molecule has 1 saturated carbocycles. The summed E-state index contributed by atoms with van der Waals surface area (Å²) in [6.07, 6.45) is 9.41. The van der Waals surface area contributed by atoms with Crippen LogP contribution in [0.15, 0.2) is 0 Å². The van der Waals surface area contributed by atoms with E-state index in [-0.39, 0.29) is 12.5 Å². The van der Waals surface area contributed by atoms with E-state index < -0.39 is 5.54 Å². The van der Waals surface area contributed by atoms with Crippen LogP contribution < -0.4 is 5.73 Å². The highest BCUT2D eigenvalue weighted by Crippen LogP contribution is 2.27. The molecule has 0 aromatic heterocycles. The number of unbranched alkanes of at least 4 members (excludes halogenated alkanes) is 3. The molecule has 0 spiro atoms. The first-order chi connectivity index (χ1) is 9.14. The van der Waals surface area contributed by atoms with Crippen molar-refractivity contribution in [2.45, 2.75) is 70.3 Å². The first-order valence-electron chi connectivity index (χ1n) is 7.83. The second-order valence-electron chi connectivity index (χ2n) is 5.79. The second-order valence-corrected chi connectivity index (χ2v) is 5.79. The Kier molecular flexibility index (Phi) is 7.39. The summed E-state index contributed by atoms with van der Waals surface area (Å²) in [7, 11) is 0. The highest BCUT2D eigenvalue weighted by atomic mass is 16.3. The van der Waals surface area contributed by atoms with E-state index in [0.29, 0.717) is 6.54 Å². The van der Waals surface area contributed by atoms with E-state index in [0.717, 1.165) is 45.1 Å². The lowest BCUT2D eigenvalue weighted by Gasteiger charge is -2.36. The van der Waals surface area contributed by atoms with Crippen LogP contribution in [0.4, 0.5) is 0 Å². The third-order valence-electron chi connectivity index (χ3n) is 4.11. The van der Waals surface area contributed by atoms with Crippen LogP contribution in [0.3, 0.4) is 0 Å². The van der Waals surface area contributed by atoms with E-state index >= 15 is 0 Å². The Bertz CT molecular complexity index is 263. The molecule has 0 bridgehead atoms. The first-order valence-corrected chi connectivity index (χ1v) is 7.83. The molecule has 19 heavy (non-hydrogen) atoms. The Hall–Kier alpha value is -0.610. The monoisotopic (exact) mass is 270 g/mol. The molecule has 4 heteroatoms. The van der Waals surface area contributed by atoms with E-state index in [1.807, 2.05) is 0 Å². The van der Waals surface area contributed by atoms with Crippen molar-refractivity contribution in [2.24, 2.45) is 5.73 Å². The molecule has 112 valence electrons. The van der Waals surface area contributed by atoms with Gasteiger partial charge in [0.1, 0.15) is 0 Å². The van der Waals surface area contributed by atoms with E-state index in [9.17, 15) is 4.79 Å². The summed E-state index contributed by atoms with van der Waals surface area (Å²) in [6.45, 7) is 3.35. The van der Waals surface area contributed by atoms with Gasteiger partial charge in [-0.15, -0.1) is 0 Å². The maximum absolute atomic E-state index is 12.6. The summed E-state index contributed by atoms with van der Waals surface area (Å²) in [5.41, 5.74) is 5.62. The van der Waals surface area contributed by atoms with Gasteiger partial charge in [0.05, 0.1) is 12.1 Å². The summed E-state index contributed by atoms with van der Waals surface area (Å²) >= 11 is 0. The molecule has 0 unspecified atom stereocenters. The molecule has 1 fully saturated rings. The first kappa shape index (κ1) is 16.4. The van der Waals surface area contributed by atoms with Crippen molar-refractivity contribution < 1.29 is 9.90 Å². The molecule has 1 amide bonds. The van der Waals surface area contributed by atoms with Crippen molar-refractivity contribution in [3.8, 4) is 0 Å². The number of aliphatic hydroxyl groups is 1. The molecule has 0 atom stereocenters. The number of carbonyl (C=O) groups is 1. The molecule has 0 aromatic rings. The molecule has 0 saturated heterocycles. The van der Waals surface area contributed by atoms with Crippen molar-refractivity contribution in [3.63, 3.8) is 0 Å². The molecule has 1 aliphatic carbocycles. The average molecular weight is 270 g/mol. The van der Waals surface area contributed by atoms with Crippen molar-refractivity contribution >= 4 is 5.91 Å². The number of aliphatic hydroxyl groups excluding tert-OH is 1. The number of nitrogens with zero attached hydrogens (tertiary/aromatic N) is 1. The molecule has 1 rings (SSSR count). The zero-order valence-electron chi connectivity index (χ0n) is 12.4. The predicted molar refractivity (Wildman–Crippen MR) is 77.8 cm³/mol. The van der Waals surface area contributed by atoms with Crippen LogP contribution in [-0.2, 0) is 4.79 Å². The third-order valence-corrected chi connectivity index (χ3v) is 4.11. The largest absolute Gasteiger partial charge is 0.395 e. The molecule has 4 nitrogen and oxygen atoms in total. The van der Waals surface area contributed by atoms with Gasteiger partial charge in [0.25, 0.3) is 0 Å². The molecule has 0 heterocycles. The zero-order valence-corrected chi connectivity index (χ0v) is 12.4. The number of hydrogen-bond acceptors (Lipinski definition) is 3. The molecule has 3 N–H and O–H groups in total. The van der Waals surface area contributed by atoms with E-state index in [1.54, 1.807) is 4.90 Å². The van der Waals surface area contributed by atoms with Crippen LogP contribution in [0.1, 0.15) is 64.7 Å². The Morgan fingerprint density at radius 3 is 2.42 bits per heavy atom. The minimum atomic E-state index is -0.668. The van der Waals surface area contributed by atoms with E-state index in [1.165, 1.54) is 19.3 Å². The van der Waals surface area contributed by atoms with Crippen LogP contribution >= 0.6 is 0 Å². The Morgan fingerprint density at radius 1 is 1.16 bits per heavy atom. The number of rotatable bonds is 8. The second kappa shape index (κ2) is 8.54. The summed E-state index contributed by atoms with van der Waals surface area (Å²) in [5, 5.41) is 9.14. The molecule has 0 radical (unpaired) electrons. The van der Waals surface area contributed by atoms with Crippen molar-refractivity contribution in [1.82, 2.24) is 4.90 Å². The standard InChI is InChI=1S/C15H30N2O2/c1-2-3-4-8-11-17(12-13-18)14(19)15(16)9-6-5-7-10-15/h18H,2-13,16H2,1H3. The molecule has 1 aliphatic rings. The van der Waals surface area contributed by atoms with Crippen LogP contribution in [0.25, 0.3) is 0 Å². The van der Waals surface area contributed by atoms with Crippen LogP contribution in [0.2, 0.25) is 0 Å². The lowest BCUT2D eigenvalue weighted by Crippen LogP contribution is -2.57. The van der Waals surface area contributed by atoms with Gasteiger partial charge in [0.2, 0.25) is 5.91 Å². The quantitative estimate of drug-likeness (QED) is 0.663. The zero-order chi connectivity index (χ0) is 14.1. The van der Waals surface area contributed by atoms with E-state index in [2.05, 4.69) is 6.92 Å².